The molecule has 0 aliphatic rings. The zero-order valence-electron chi connectivity index (χ0n) is 11.6. The highest BCUT2D eigenvalue weighted by Crippen LogP contribution is 2.14. The molecule has 0 aromatic heterocycles. The van der Waals surface area contributed by atoms with Gasteiger partial charge in [0.1, 0.15) is 5.75 Å². The van der Waals surface area contributed by atoms with Crippen molar-refractivity contribution in [1.29, 1.82) is 0 Å². The molecule has 0 saturated heterocycles. The highest BCUT2D eigenvalue weighted by Gasteiger charge is 2.10. The molecule has 0 unspecified atom stereocenters. The van der Waals surface area contributed by atoms with E-state index >= 15 is 0 Å². The van der Waals surface area contributed by atoms with Gasteiger partial charge in [-0.15, -0.1) is 0 Å². The molecule has 1 amide bonds. The second-order valence-corrected chi connectivity index (χ2v) is 4.31. The number of amides is 1. The summed E-state index contributed by atoms with van der Waals surface area (Å²) < 4.78 is 5.17. The average Bonchev–Trinajstić information content (AvgIpc) is 2.38. The van der Waals surface area contributed by atoms with Gasteiger partial charge in [-0.2, -0.15) is 0 Å². The minimum Gasteiger partial charge on any atom is -0.497 e. The van der Waals surface area contributed by atoms with Crippen molar-refractivity contribution in [3.63, 3.8) is 0 Å². The van der Waals surface area contributed by atoms with Crippen molar-refractivity contribution in [2.75, 3.05) is 14.2 Å². The van der Waals surface area contributed by atoms with E-state index < -0.39 is 0 Å². The largest absolute Gasteiger partial charge is 0.497 e. The highest BCUT2D eigenvalue weighted by atomic mass is 16.5. The number of rotatable bonds is 5. The van der Waals surface area contributed by atoms with Crippen LogP contribution in [-0.2, 0) is 11.3 Å². The molecule has 98 valence electrons. The molecule has 1 aromatic carbocycles. The fraction of sp³-hybridized carbons (Fsp3) is 0.400. The van der Waals surface area contributed by atoms with Crippen molar-refractivity contribution < 1.29 is 9.53 Å². The van der Waals surface area contributed by atoms with Gasteiger partial charge in [0.25, 0.3) is 0 Å². The van der Waals surface area contributed by atoms with E-state index in [4.69, 9.17) is 4.74 Å². The summed E-state index contributed by atoms with van der Waals surface area (Å²) in [6.07, 6.45) is 2.83. The Balaban J connectivity index is 2.72. The lowest BCUT2D eigenvalue weighted by Gasteiger charge is -2.18. The number of nitrogens with zero attached hydrogens (tertiary/aromatic N) is 1. The minimum atomic E-state index is 0.0691. The second-order valence-electron chi connectivity index (χ2n) is 4.31. The van der Waals surface area contributed by atoms with Crippen LogP contribution in [0.4, 0.5) is 0 Å². The summed E-state index contributed by atoms with van der Waals surface area (Å²) in [5.41, 5.74) is 1.86. The Morgan fingerprint density at radius 2 is 2.17 bits per heavy atom. The number of ether oxygens (including phenoxy) is 1. The fourth-order valence-corrected chi connectivity index (χ4v) is 1.81. The predicted molar refractivity (Wildman–Crippen MR) is 73.5 cm³/mol. The normalized spacial score (nSPS) is 11.2. The Morgan fingerprint density at radius 3 is 2.78 bits per heavy atom. The first kappa shape index (κ1) is 14.3. The molecule has 3 nitrogen and oxygen atoms in total. The number of carbonyl (C=O) groups is 1. The lowest BCUT2D eigenvalue weighted by atomic mass is 10.1. The maximum Gasteiger partial charge on any atom is 0.249 e. The van der Waals surface area contributed by atoms with Crippen molar-refractivity contribution >= 4 is 5.91 Å². The zero-order chi connectivity index (χ0) is 13.5. The molecule has 1 aromatic rings. The Bertz CT molecular complexity index is 438. The summed E-state index contributed by atoms with van der Waals surface area (Å²) in [5.74, 6) is 0.883. The lowest BCUT2D eigenvalue weighted by molar-refractivity contribution is -0.126. The average molecular weight is 247 g/mol. The first-order chi connectivity index (χ1) is 8.58. The van der Waals surface area contributed by atoms with E-state index in [1.807, 2.05) is 51.2 Å². The molecular formula is C15H21NO2. The summed E-state index contributed by atoms with van der Waals surface area (Å²) in [4.78, 5) is 13.7. The van der Waals surface area contributed by atoms with Gasteiger partial charge >= 0.3 is 0 Å². The molecule has 0 aliphatic carbocycles. The van der Waals surface area contributed by atoms with Gasteiger partial charge in [-0.1, -0.05) is 25.1 Å². The molecule has 1 rings (SSSR count). The number of methoxy groups -OCH3 is 1. The molecule has 0 spiro atoms. The Hall–Kier alpha value is -1.77. The van der Waals surface area contributed by atoms with Gasteiger partial charge in [-0.25, -0.2) is 0 Å². The maximum absolute atomic E-state index is 12.0. The molecule has 0 bridgehead atoms. The first-order valence-electron chi connectivity index (χ1n) is 6.13. The molecule has 0 heterocycles. The van der Waals surface area contributed by atoms with E-state index in [0.29, 0.717) is 6.54 Å². The van der Waals surface area contributed by atoms with Gasteiger partial charge in [0, 0.05) is 19.2 Å². The third kappa shape index (κ3) is 3.91. The van der Waals surface area contributed by atoms with Gasteiger partial charge < -0.3 is 9.64 Å². The van der Waals surface area contributed by atoms with Crippen LogP contribution in [0.3, 0.4) is 0 Å². The van der Waals surface area contributed by atoms with Crippen molar-refractivity contribution in [3.8, 4) is 5.75 Å². The quantitative estimate of drug-likeness (QED) is 0.749. The van der Waals surface area contributed by atoms with Gasteiger partial charge in [-0.05, 0) is 31.0 Å². The molecular weight excluding hydrogens is 226 g/mol. The molecule has 0 N–H and O–H groups in total. The molecule has 0 atom stereocenters. The molecule has 0 fully saturated rings. The van der Waals surface area contributed by atoms with Crippen LogP contribution < -0.4 is 4.74 Å². The molecule has 3 heteroatoms. The zero-order valence-corrected chi connectivity index (χ0v) is 11.6. The van der Waals surface area contributed by atoms with E-state index in [-0.39, 0.29) is 5.91 Å². The van der Waals surface area contributed by atoms with Crippen molar-refractivity contribution in [1.82, 2.24) is 4.90 Å². The van der Waals surface area contributed by atoms with Gasteiger partial charge in [0.15, 0.2) is 0 Å². The van der Waals surface area contributed by atoms with Crippen LogP contribution in [0, 0.1) is 0 Å². The van der Waals surface area contributed by atoms with Crippen LogP contribution in [-0.4, -0.2) is 25.0 Å². The topological polar surface area (TPSA) is 29.5 Å². The second kappa shape index (κ2) is 6.84. The highest BCUT2D eigenvalue weighted by molar-refractivity contribution is 5.92. The number of carbonyl (C=O) groups excluding carboxylic acids is 1. The summed E-state index contributed by atoms with van der Waals surface area (Å²) in [6.45, 7) is 4.47. The van der Waals surface area contributed by atoms with E-state index in [0.717, 1.165) is 23.3 Å². The number of benzene rings is 1. The van der Waals surface area contributed by atoms with Crippen LogP contribution in [0.25, 0.3) is 0 Å². The Labute approximate surface area is 109 Å². The first-order valence-corrected chi connectivity index (χ1v) is 6.13. The minimum absolute atomic E-state index is 0.0691. The van der Waals surface area contributed by atoms with E-state index in [1.54, 1.807) is 12.0 Å². The lowest BCUT2D eigenvalue weighted by Crippen LogP contribution is -2.26. The summed E-state index contributed by atoms with van der Waals surface area (Å²) in [6, 6.07) is 7.77. The molecule has 0 radical (unpaired) electrons. The number of hydrogen-bond acceptors (Lipinski definition) is 2. The van der Waals surface area contributed by atoms with Crippen molar-refractivity contribution in [3.05, 3.63) is 41.5 Å². The standard InChI is InChI=1S/C15H21NO2/c1-5-7-12(2)15(17)16(3)11-13-8-6-9-14(10-13)18-4/h6-10H,5,11H2,1-4H3. The smallest absolute Gasteiger partial charge is 0.249 e. The summed E-state index contributed by atoms with van der Waals surface area (Å²) in [7, 11) is 3.46. The van der Waals surface area contributed by atoms with Crippen LogP contribution >= 0.6 is 0 Å². The third-order valence-electron chi connectivity index (χ3n) is 2.75. The predicted octanol–water partition coefficient (Wildman–Crippen LogP) is 3.01. The number of likely N-dealkylation sites (N-methyl/N-ethyl adjacent to an activating group) is 1. The number of allylic oxidation sites excluding steroid dienone is 1. The fourth-order valence-electron chi connectivity index (χ4n) is 1.81. The third-order valence-corrected chi connectivity index (χ3v) is 2.75. The van der Waals surface area contributed by atoms with Gasteiger partial charge in [-0.3, -0.25) is 4.79 Å². The van der Waals surface area contributed by atoms with Crippen LogP contribution in [0.2, 0.25) is 0 Å². The Morgan fingerprint density at radius 1 is 1.44 bits per heavy atom. The molecule has 0 saturated carbocycles. The number of hydrogen-bond donors (Lipinski definition) is 0. The van der Waals surface area contributed by atoms with Crippen LogP contribution in [0.15, 0.2) is 35.9 Å². The monoisotopic (exact) mass is 247 g/mol. The van der Waals surface area contributed by atoms with E-state index in [1.165, 1.54) is 0 Å². The van der Waals surface area contributed by atoms with Gasteiger partial charge in [0.2, 0.25) is 5.91 Å². The van der Waals surface area contributed by atoms with Gasteiger partial charge in [0.05, 0.1) is 7.11 Å². The molecule has 18 heavy (non-hydrogen) atoms. The molecule has 0 aliphatic heterocycles. The van der Waals surface area contributed by atoms with Crippen molar-refractivity contribution in [2.24, 2.45) is 0 Å². The van der Waals surface area contributed by atoms with Crippen molar-refractivity contribution in [2.45, 2.75) is 26.8 Å². The van der Waals surface area contributed by atoms with Crippen LogP contribution in [0.5, 0.6) is 5.75 Å². The van der Waals surface area contributed by atoms with E-state index in [9.17, 15) is 4.79 Å². The Kier molecular flexibility index (Phi) is 5.43. The maximum atomic E-state index is 12.0. The van der Waals surface area contributed by atoms with Crippen LogP contribution in [0.1, 0.15) is 25.8 Å². The summed E-state index contributed by atoms with van der Waals surface area (Å²) in [5, 5.41) is 0. The SMILES string of the molecule is CCC=C(C)C(=O)N(C)Cc1cccc(OC)c1. The summed E-state index contributed by atoms with van der Waals surface area (Å²) >= 11 is 0. The van der Waals surface area contributed by atoms with E-state index in [2.05, 4.69) is 0 Å².